The molecule has 0 saturated carbocycles. The topological polar surface area (TPSA) is 69.0 Å². The SMILES string of the molecule is CC(C)c1cnnn1-c1cccc(NC(=O)/C=C/c2ccc(OCc3ccccc3)cc2)c1. The maximum atomic E-state index is 12.4. The van der Waals surface area contributed by atoms with E-state index in [9.17, 15) is 4.79 Å². The summed E-state index contributed by atoms with van der Waals surface area (Å²) in [4.78, 5) is 12.4. The van der Waals surface area contributed by atoms with Crippen LogP contribution in [0, 0.1) is 0 Å². The molecule has 1 aromatic heterocycles. The maximum Gasteiger partial charge on any atom is 0.248 e. The molecule has 4 aromatic rings. The molecule has 166 valence electrons. The maximum absolute atomic E-state index is 12.4. The number of nitrogens with zero attached hydrogens (tertiary/aromatic N) is 3. The number of nitrogens with one attached hydrogen (secondary N) is 1. The van der Waals surface area contributed by atoms with Gasteiger partial charge >= 0.3 is 0 Å². The third kappa shape index (κ3) is 5.95. The predicted octanol–water partition coefficient (Wildman–Crippen LogP) is 5.62. The first-order valence-electron chi connectivity index (χ1n) is 10.9. The molecule has 0 fully saturated rings. The van der Waals surface area contributed by atoms with Crippen LogP contribution in [0.4, 0.5) is 5.69 Å². The second-order valence-corrected chi connectivity index (χ2v) is 7.94. The molecule has 0 aliphatic heterocycles. The Morgan fingerprint density at radius 3 is 2.58 bits per heavy atom. The first-order valence-corrected chi connectivity index (χ1v) is 10.9. The van der Waals surface area contributed by atoms with Gasteiger partial charge in [0.15, 0.2) is 0 Å². The largest absolute Gasteiger partial charge is 0.489 e. The summed E-state index contributed by atoms with van der Waals surface area (Å²) in [6.07, 6.45) is 5.05. The minimum atomic E-state index is -0.209. The Labute approximate surface area is 193 Å². The van der Waals surface area contributed by atoms with Gasteiger partial charge < -0.3 is 10.1 Å². The number of benzene rings is 3. The molecule has 1 N–H and O–H groups in total. The Morgan fingerprint density at radius 1 is 1.03 bits per heavy atom. The Bertz CT molecular complexity index is 1230. The molecule has 0 bridgehead atoms. The minimum absolute atomic E-state index is 0.209. The zero-order valence-electron chi connectivity index (χ0n) is 18.7. The van der Waals surface area contributed by atoms with Crippen LogP contribution >= 0.6 is 0 Å². The Balaban J connectivity index is 1.35. The van der Waals surface area contributed by atoms with Crippen molar-refractivity contribution in [2.45, 2.75) is 26.4 Å². The van der Waals surface area contributed by atoms with Gasteiger partial charge in [-0.15, -0.1) is 5.10 Å². The highest BCUT2D eigenvalue weighted by Gasteiger charge is 2.10. The summed E-state index contributed by atoms with van der Waals surface area (Å²) in [5, 5.41) is 11.1. The minimum Gasteiger partial charge on any atom is -0.489 e. The van der Waals surface area contributed by atoms with Crippen molar-refractivity contribution in [1.29, 1.82) is 0 Å². The summed E-state index contributed by atoms with van der Waals surface area (Å²) in [7, 11) is 0. The number of carbonyl (C=O) groups excluding carboxylic acids is 1. The van der Waals surface area contributed by atoms with Crippen LogP contribution < -0.4 is 10.1 Å². The van der Waals surface area contributed by atoms with Crippen LogP contribution in [0.2, 0.25) is 0 Å². The summed E-state index contributed by atoms with van der Waals surface area (Å²) in [6, 6.07) is 25.2. The van der Waals surface area contributed by atoms with E-state index in [1.54, 1.807) is 17.0 Å². The van der Waals surface area contributed by atoms with E-state index in [-0.39, 0.29) is 11.8 Å². The average Bonchev–Trinajstić information content (AvgIpc) is 3.34. The monoisotopic (exact) mass is 438 g/mol. The molecule has 0 atom stereocenters. The molecule has 0 saturated heterocycles. The van der Waals surface area contributed by atoms with E-state index in [1.807, 2.05) is 78.9 Å². The summed E-state index contributed by atoms with van der Waals surface area (Å²) in [6.45, 7) is 4.70. The number of ether oxygens (including phenoxy) is 1. The number of carbonyl (C=O) groups is 1. The van der Waals surface area contributed by atoms with Gasteiger partial charge in [0.2, 0.25) is 5.91 Å². The molecule has 33 heavy (non-hydrogen) atoms. The highest BCUT2D eigenvalue weighted by Crippen LogP contribution is 2.20. The molecule has 0 spiro atoms. The summed E-state index contributed by atoms with van der Waals surface area (Å²) < 4.78 is 7.59. The number of amides is 1. The van der Waals surface area contributed by atoms with Crippen molar-refractivity contribution in [2.75, 3.05) is 5.32 Å². The van der Waals surface area contributed by atoms with Crippen LogP contribution in [0.1, 0.15) is 36.6 Å². The van der Waals surface area contributed by atoms with Crippen molar-refractivity contribution in [1.82, 2.24) is 15.0 Å². The first-order chi connectivity index (χ1) is 16.1. The van der Waals surface area contributed by atoms with Crippen LogP contribution in [-0.4, -0.2) is 20.9 Å². The lowest BCUT2D eigenvalue weighted by atomic mass is 10.1. The Kier molecular flexibility index (Phi) is 6.95. The lowest BCUT2D eigenvalue weighted by molar-refractivity contribution is -0.111. The van der Waals surface area contributed by atoms with Gasteiger partial charge in [-0.05, 0) is 53.5 Å². The van der Waals surface area contributed by atoms with Gasteiger partial charge in [0.25, 0.3) is 0 Å². The van der Waals surface area contributed by atoms with Gasteiger partial charge in [-0.25, -0.2) is 4.68 Å². The quantitative estimate of drug-likeness (QED) is 0.363. The third-order valence-corrected chi connectivity index (χ3v) is 5.08. The Hall–Kier alpha value is -4.19. The molecule has 0 aliphatic rings. The van der Waals surface area contributed by atoms with Crippen LogP contribution in [-0.2, 0) is 11.4 Å². The molecule has 4 rings (SSSR count). The molecule has 0 aliphatic carbocycles. The van der Waals surface area contributed by atoms with E-state index < -0.39 is 0 Å². The van der Waals surface area contributed by atoms with Crippen molar-refractivity contribution in [3.8, 4) is 11.4 Å². The molecule has 1 amide bonds. The number of aromatic nitrogens is 3. The summed E-state index contributed by atoms with van der Waals surface area (Å²) >= 11 is 0. The number of anilines is 1. The summed E-state index contributed by atoms with van der Waals surface area (Å²) in [5.41, 5.74) is 4.58. The zero-order chi connectivity index (χ0) is 23.0. The highest BCUT2D eigenvalue weighted by molar-refractivity contribution is 6.02. The van der Waals surface area contributed by atoms with Crippen LogP contribution in [0.25, 0.3) is 11.8 Å². The van der Waals surface area contributed by atoms with Crippen molar-refractivity contribution >= 4 is 17.7 Å². The molecule has 0 radical (unpaired) electrons. The van der Waals surface area contributed by atoms with Crippen molar-refractivity contribution < 1.29 is 9.53 Å². The predicted molar refractivity (Wildman–Crippen MR) is 130 cm³/mol. The molecular weight excluding hydrogens is 412 g/mol. The van der Waals surface area contributed by atoms with Gasteiger partial charge in [-0.2, -0.15) is 0 Å². The molecule has 3 aromatic carbocycles. The third-order valence-electron chi connectivity index (χ3n) is 5.08. The number of hydrogen-bond donors (Lipinski definition) is 1. The van der Waals surface area contributed by atoms with Crippen molar-refractivity contribution in [3.63, 3.8) is 0 Å². The first kappa shape index (κ1) is 22.0. The van der Waals surface area contributed by atoms with Gasteiger partial charge in [-0.1, -0.05) is 67.6 Å². The van der Waals surface area contributed by atoms with E-state index in [1.165, 1.54) is 6.08 Å². The van der Waals surface area contributed by atoms with E-state index >= 15 is 0 Å². The van der Waals surface area contributed by atoms with Gasteiger partial charge in [-0.3, -0.25) is 4.79 Å². The van der Waals surface area contributed by atoms with E-state index in [2.05, 4.69) is 29.5 Å². The molecular formula is C27H26N4O2. The number of hydrogen-bond acceptors (Lipinski definition) is 4. The van der Waals surface area contributed by atoms with E-state index in [4.69, 9.17) is 4.74 Å². The second kappa shape index (κ2) is 10.4. The van der Waals surface area contributed by atoms with E-state index in [0.29, 0.717) is 12.3 Å². The normalized spacial score (nSPS) is 11.1. The highest BCUT2D eigenvalue weighted by atomic mass is 16.5. The standard InChI is InChI=1S/C27H26N4O2/c1-20(2)26-18-28-30-31(26)24-10-6-9-23(17-24)29-27(32)16-13-21-11-14-25(15-12-21)33-19-22-7-4-3-5-8-22/h3-18,20H,19H2,1-2H3,(H,29,32)/b16-13+. The fraction of sp³-hybridized carbons (Fsp3) is 0.148. The van der Waals surface area contributed by atoms with Crippen molar-refractivity contribution in [3.05, 3.63) is 108 Å². The van der Waals surface area contributed by atoms with Crippen molar-refractivity contribution in [2.24, 2.45) is 0 Å². The summed E-state index contributed by atoms with van der Waals surface area (Å²) in [5.74, 6) is 0.863. The van der Waals surface area contributed by atoms with Gasteiger partial charge in [0, 0.05) is 11.8 Å². The fourth-order valence-corrected chi connectivity index (χ4v) is 3.32. The molecule has 1 heterocycles. The van der Waals surface area contributed by atoms with E-state index in [0.717, 1.165) is 28.3 Å². The molecule has 6 heteroatoms. The smallest absolute Gasteiger partial charge is 0.248 e. The lowest BCUT2D eigenvalue weighted by Crippen LogP contribution is -2.09. The Morgan fingerprint density at radius 2 is 1.82 bits per heavy atom. The van der Waals surface area contributed by atoms with Crippen LogP contribution in [0.5, 0.6) is 5.75 Å². The molecule has 6 nitrogen and oxygen atoms in total. The molecule has 0 unspecified atom stereocenters. The lowest BCUT2D eigenvalue weighted by Gasteiger charge is -2.10. The van der Waals surface area contributed by atoms with Crippen LogP contribution in [0.3, 0.4) is 0 Å². The fourth-order valence-electron chi connectivity index (χ4n) is 3.32. The van der Waals surface area contributed by atoms with Gasteiger partial charge in [0.05, 0.1) is 17.6 Å². The number of rotatable bonds is 8. The van der Waals surface area contributed by atoms with Crippen LogP contribution in [0.15, 0.2) is 91.1 Å². The van der Waals surface area contributed by atoms with Gasteiger partial charge in [0.1, 0.15) is 12.4 Å². The zero-order valence-corrected chi connectivity index (χ0v) is 18.7. The second-order valence-electron chi connectivity index (χ2n) is 7.94. The average molecular weight is 439 g/mol.